The fraction of sp³-hybridized carbons (Fsp3) is 0.167. The Hall–Kier alpha value is -3.60. The molecule has 0 unspecified atom stereocenters. The van der Waals surface area contributed by atoms with Gasteiger partial charge >= 0.3 is 0 Å². The van der Waals surface area contributed by atoms with Gasteiger partial charge in [0.25, 0.3) is 11.8 Å². The van der Waals surface area contributed by atoms with Crippen LogP contribution in [0.2, 0.25) is 0 Å². The molecular formula is C24H24N2O3. The van der Waals surface area contributed by atoms with E-state index in [9.17, 15) is 9.59 Å². The highest BCUT2D eigenvalue weighted by Crippen LogP contribution is 2.16. The summed E-state index contributed by atoms with van der Waals surface area (Å²) in [6, 6.07) is 22.3. The number of nitrogens with one attached hydrogen (secondary N) is 2. The minimum atomic E-state index is -0.329. The van der Waals surface area contributed by atoms with E-state index in [4.69, 9.17) is 4.74 Å². The SMILES string of the molecule is Cc1ccc(CNC(=O)c2ccccc2NC(=O)COc2ccc(C)cc2)cc1. The Bertz CT molecular complexity index is 980. The van der Waals surface area contributed by atoms with Crippen molar-refractivity contribution in [3.8, 4) is 5.75 Å². The van der Waals surface area contributed by atoms with Gasteiger partial charge in [0.1, 0.15) is 5.75 Å². The van der Waals surface area contributed by atoms with Crippen LogP contribution in [0.1, 0.15) is 27.0 Å². The Labute approximate surface area is 170 Å². The van der Waals surface area contributed by atoms with Gasteiger partial charge in [-0.25, -0.2) is 0 Å². The zero-order valence-corrected chi connectivity index (χ0v) is 16.6. The fourth-order valence-electron chi connectivity index (χ4n) is 2.74. The topological polar surface area (TPSA) is 67.4 Å². The van der Waals surface area contributed by atoms with E-state index < -0.39 is 0 Å². The Morgan fingerprint density at radius 3 is 2.14 bits per heavy atom. The van der Waals surface area contributed by atoms with Crippen LogP contribution in [-0.4, -0.2) is 18.4 Å². The lowest BCUT2D eigenvalue weighted by atomic mass is 10.1. The van der Waals surface area contributed by atoms with E-state index in [-0.39, 0.29) is 18.4 Å². The van der Waals surface area contributed by atoms with Gasteiger partial charge in [-0.1, -0.05) is 59.7 Å². The lowest BCUT2D eigenvalue weighted by Crippen LogP contribution is -2.26. The van der Waals surface area contributed by atoms with Gasteiger partial charge in [0.2, 0.25) is 0 Å². The van der Waals surface area contributed by atoms with Crippen molar-refractivity contribution in [2.75, 3.05) is 11.9 Å². The molecule has 0 aliphatic heterocycles. The summed E-state index contributed by atoms with van der Waals surface area (Å²) in [5.41, 5.74) is 4.15. The van der Waals surface area contributed by atoms with E-state index in [0.29, 0.717) is 23.5 Å². The number of hydrogen-bond acceptors (Lipinski definition) is 3. The molecule has 0 bridgehead atoms. The summed E-state index contributed by atoms with van der Waals surface area (Å²) >= 11 is 0. The molecule has 5 heteroatoms. The molecule has 3 aromatic rings. The maximum absolute atomic E-state index is 12.6. The van der Waals surface area contributed by atoms with Gasteiger partial charge in [-0.05, 0) is 43.7 Å². The molecule has 0 saturated heterocycles. The predicted octanol–water partition coefficient (Wildman–Crippen LogP) is 4.25. The number of rotatable bonds is 7. The van der Waals surface area contributed by atoms with Gasteiger partial charge in [-0.3, -0.25) is 9.59 Å². The van der Waals surface area contributed by atoms with Crippen LogP contribution in [-0.2, 0) is 11.3 Å². The number of ether oxygens (including phenoxy) is 1. The molecular weight excluding hydrogens is 364 g/mol. The molecule has 0 aliphatic rings. The number of aryl methyl sites for hydroxylation is 2. The highest BCUT2D eigenvalue weighted by atomic mass is 16.5. The number of carbonyl (C=O) groups is 2. The molecule has 5 nitrogen and oxygen atoms in total. The molecule has 0 atom stereocenters. The van der Waals surface area contributed by atoms with Gasteiger partial charge in [0.15, 0.2) is 6.61 Å². The third-order valence-electron chi connectivity index (χ3n) is 4.41. The summed E-state index contributed by atoms with van der Waals surface area (Å²) in [6.07, 6.45) is 0. The summed E-state index contributed by atoms with van der Waals surface area (Å²) in [7, 11) is 0. The van der Waals surface area contributed by atoms with Crippen molar-refractivity contribution in [2.24, 2.45) is 0 Å². The van der Waals surface area contributed by atoms with Gasteiger partial charge in [-0.15, -0.1) is 0 Å². The van der Waals surface area contributed by atoms with Crippen molar-refractivity contribution in [3.05, 3.63) is 95.1 Å². The van der Waals surface area contributed by atoms with Crippen LogP contribution >= 0.6 is 0 Å². The molecule has 0 saturated carbocycles. The molecule has 0 aliphatic carbocycles. The first-order chi connectivity index (χ1) is 14.0. The monoisotopic (exact) mass is 388 g/mol. The number of para-hydroxylation sites is 1. The number of benzene rings is 3. The first-order valence-corrected chi connectivity index (χ1v) is 9.43. The first-order valence-electron chi connectivity index (χ1n) is 9.43. The van der Waals surface area contributed by atoms with Crippen LogP contribution < -0.4 is 15.4 Å². The number of anilines is 1. The average molecular weight is 388 g/mol. The molecule has 148 valence electrons. The maximum atomic E-state index is 12.6. The zero-order chi connectivity index (χ0) is 20.6. The largest absolute Gasteiger partial charge is 0.484 e. The molecule has 0 spiro atoms. The van der Waals surface area contributed by atoms with Crippen LogP contribution in [0.4, 0.5) is 5.69 Å². The molecule has 29 heavy (non-hydrogen) atoms. The first kappa shape index (κ1) is 20.1. The molecule has 3 rings (SSSR count). The predicted molar refractivity (Wildman–Crippen MR) is 114 cm³/mol. The Balaban J connectivity index is 1.58. The van der Waals surface area contributed by atoms with E-state index in [0.717, 1.165) is 11.1 Å². The second kappa shape index (κ2) is 9.55. The highest BCUT2D eigenvalue weighted by molar-refractivity contribution is 6.04. The number of carbonyl (C=O) groups excluding carboxylic acids is 2. The second-order valence-corrected chi connectivity index (χ2v) is 6.86. The van der Waals surface area contributed by atoms with Crippen molar-refractivity contribution < 1.29 is 14.3 Å². The van der Waals surface area contributed by atoms with Gasteiger partial charge < -0.3 is 15.4 Å². The van der Waals surface area contributed by atoms with Crippen molar-refractivity contribution >= 4 is 17.5 Å². The summed E-state index contributed by atoms with van der Waals surface area (Å²) in [5, 5.41) is 5.64. The Morgan fingerprint density at radius 1 is 0.828 bits per heavy atom. The van der Waals surface area contributed by atoms with E-state index in [1.54, 1.807) is 24.3 Å². The lowest BCUT2D eigenvalue weighted by molar-refractivity contribution is -0.118. The average Bonchev–Trinajstić information content (AvgIpc) is 2.73. The smallest absolute Gasteiger partial charge is 0.262 e. The van der Waals surface area contributed by atoms with Crippen LogP contribution in [0.3, 0.4) is 0 Å². The van der Waals surface area contributed by atoms with Gasteiger partial charge in [0.05, 0.1) is 11.3 Å². The van der Waals surface area contributed by atoms with E-state index in [1.807, 2.05) is 62.4 Å². The number of amides is 2. The fourth-order valence-corrected chi connectivity index (χ4v) is 2.74. The third-order valence-corrected chi connectivity index (χ3v) is 4.41. The minimum absolute atomic E-state index is 0.137. The second-order valence-electron chi connectivity index (χ2n) is 6.86. The minimum Gasteiger partial charge on any atom is -0.484 e. The van der Waals surface area contributed by atoms with E-state index in [2.05, 4.69) is 10.6 Å². The molecule has 0 aromatic heterocycles. The van der Waals surface area contributed by atoms with Gasteiger partial charge in [-0.2, -0.15) is 0 Å². The normalized spacial score (nSPS) is 10.3. The maximum Gasteiger partial charge on any atom is 0.262 e. The van der Waals surface area contributed by atoms with Crippen molar-refractivity contribution in [3.63, 3.8) is 0 Å². The summed E-state index contributed by atoms with van der Waals surface area (Å²) < 4.78 is 5.50. The molecule has 0 radical (unpaired) electrons. The van der Waals surface area contributed by atoms with Crippen molar-refractivity contribution in [1.82, 2.24) is 5.32 Å². The quantitative estimate of drug-likeness (QED) is 0.636. The van der Waals surface area contributed by atoms with Crippen molar-refractivity contribution in [1.29, 1.82) is 0 Å². The molecule has 2 amide bonds. The standard InChI is InChI=1S/C24H24N2O3/c1-17-7-11-19(12-8-17)15-25-24(28)21-5-3-4-6-22(21)26-23(27)16-29-20-13-9-18(2)10-14-20/h3-14H,15-16H2,1-2H3,(H,25,28)(H,26,27). The summed E-state index contributed by atoms with van der Waals surface area (Å²) in [4.78, 5) is 24.9. The highest BCUT2D eigenvalue weighted by Gasteiger charge is 2.13. The van der Waals surface area contributed by atoms with Crippen LogP contribution in [0.25, 0.3) is 0 Å². The van der Waals surface area contributed by atoms with Crippen LogP contribution in [0, 0.1) is 13.8 Å². The van der Waals surface area contributed by atoms with E-state index in [1.165, 1.54) is 5.56 Å². The zero-order valence-electron chi connectivity index (χ0n) is 16.6. The van der Waals surface area contributed by atoms with Crippen LogP contribution in [0.5, 0.6) is 5.75 Å². The molecule has 2 N–H and O–H groups in total. The summed E-state index contributed by atoms with van der Waals surface area (Å²) in [6.45, 7) is 4.28. The lowest BCUT2D eigenvalue weighted by Gasteiger charge is -2.12. The van der Waals surface area contributed by atoms with Crippen molar-refractivity contribution in [2.45, 2.75) is 20.4 Å². The number of hydrogen-bond donors (Lipinski definition) is 2. The van der Waals surface area contributed by atoms with Crippen LogP contribution in [0.15, 0.2) is 72.8 Å². The third kappa shape index (κ3) is 5.94. The van der Waals surface area contributed by atoms with E-state index >= 15 is 0 Å². The van der Waals surface area contributed by atoms with Gasteiger partial charge in [0, 0.05) is 6.54 Å². The molecule has 0 fully saturated rings. The molecule has 3 aromatic carbocycles. The Kier molecular flexibility index (Phi) is 6.63. The molecule has 0 heterocycles. The Morgan fingerprint density at radius 2 is 1.45 bits per heavy atom. The summed E-state index contributed by atoms with van der Waals surface area (Å²) in [5.74, 6) is 0.0418.